The van der Waals surface area contributed by atoms with E-state index in [0.29, 0.717) is 44.8 Å². The van der Waals surface area contributed by atoms with Crippen LogP contribution in [0.25, 0.3) is 23.3 Å². The lowest BCUT2D eigenvalue weighted by Gasteiger charge is -2.14. The molecule has 6 rings (SSSR count). The molecule has 6 aromatic rings. The SMILES string of the molecule is COc1cc(C(=O)Oc2ccc(/C=C/C(=O)Cc3cc(N)ccc3-c3ccc(N)cc3CC(=O)/C=C/c3ccc(OC(=O)c4ccc(OC(F)(F)F)c(OC)c4)cc3)cc2)ccc1OC(F)(F)F. The summed E-state index contributed by atoms with van der Waals surface area (Å²) in [6.45, 7) is 0. The summed E-state index contributed by atoms with van der Waals surface area (Å²) in [5.74, 6) is -3.96. The van der Waals surface area contributed by atoms with E-state index in [1.54, 1.807) is 72.8 Å². The fourth-order valence-electron chi connectivity index (χ4n) is 6.55. The molecule has 6 aromatic carbocycles. The Hall–Kier alpha value is -8.54. The lowest BCUT2D eigenvalue weighted by Crippen LogP contribution is -2.18. The number of allylic oxidation sites excluding steroid dienone is 2. The zero-order valence-corrected chi connectivity index (χ0v) is 35.8. The molecule has 0 atom stereocenters. The van der Waals surface area contributed by atoms with Crippen LogP contribution in [-0.2, 0) is 22.4 Å². The average molecular weight is 941 g/mol. The van der Waals surface area contributed by atoms with Gasteiger partial charge in [0.25, 0.3) is 0 Å². The summed E-state index contributed by atoms with van der Waals surface area (Å²) >= 11 is 0. The van der Waals surface area contributed by atoms with Crippen LogP contribution in [-0.4, -0.2) is 50.4 Å². The summed E-state index contributed by atoms with van der Waals surface area (Å²) in [4.78, 5) is 52.1. The summed E-state index contributed by atoms with van der Waals surface area (Å²) in [7, 11) is 2.25. The number of rotatable bonds is 17. The third kappa shape index (κ3) is 13.7. The number of methoxy groups -OCH3 is 2. The molecule has 0 heterocycles. The molecule has 0 saturated carbocycles. The minimum Gasteiger partial charge on any atom is -0.493 e. The Bertz CT molecular complexity index is 2700. The standard InChI is InChI=1S/C50H38F6N2O10/c1-63-45-27-31(9-21-43(45)67-49(51,52)53)47(61)65-39-15-5-29(6-16-39)3-13-37(59)25-33-23-35(57)11-19-41(33)42-20-12-36(58)24-34(42)26-38(60)14-4-30-7-17-40(18-8-30)66-48(62)32-10-22-44(46(28-32)64-2)68-50(54,55)56/h3-24,27-28H,25-26,57-58H2,1-2H3/b13-3+,14-4+. The van der Waals surface area contributed by atoms with Gasteiger partial charge in [0.1, 0.15) is 11.5 Å². The van der Waals surface area contributed by atoms with Gasteiger partial charge in [-0.1, -0.05) is 48.6 Å². The average Bonchev–Trinajstić information content (AvgIpc) is 3.28. The quantitative estimate of drug-likeness (QED) is 0.0291. The molecule has 0 aliphatic rings. The van der Waals surface area contributed by atoms with Crippen molar-refractivity contribution >= 4 is 47.0 Å². The van der Waals surface area contributed by atoms with E-state index in [2.05, 4.69) is 9.47 Å². The largest absolute Gasteiger partial charge is 0.573 e. The number of nitrogen functional groups attached to an aromatic ring is 2. The molecule has 0 unspecified atom stereocenters. The van der Waals surface area contributed by atoms with E-state index in [9.17, 15) is 45.5 Å². The smallest absolute Gasteiger partial charge is 0.493 e. The Kier molecular flexibility index (Phi) is 15.2. The molecule has 0 aromatic heterocycles. The zero-order valence-electron chi connectivity index (χ0n) is 35.8. The van der Waals surface area contributed by atoms with Crippen LogP contribution in [0.5, 0.6) is 34.5 Å². The third-order valence-electron chi connectivity index (χ3n) is 9.63. The van der Waals surface area contributed by atoms with Gasteiger partial charge in [0, 0.05) is 24.2 Å². The minimum absolute atomic E-state index is 0.0663. The first-order valence-corrected chi connectivity index (χ1v) is 20.0. The number of carbonyl (C=O) groups excluding carboxylic acids is 4. The van der Waals surface area contributed by atoms with Crippen LogP contribution in [0.3, 0.4) is 0 Å². The van der Waals surface area contributed by atoms with Crippen molar-refractivity contribution in [3.05, 3.63) is 167 Å². The van der Waals surface area contributed by atoms with Gasteiger partial charge in [-0.25, -0.2) is 9.59 Å². The molecule has 0 amide bonds. The molecule has 0 radical (unpaired) electrons. The van der Waals surface area contributed by atoms with Crippen LogP contribution >= 0.6 is 0 Å². The van der Waals surface area contributed by atoms with Crippen LogP contribution in [0.4, 0.5) is 37.7 Å². The molecule has 350 valence electrons. The number of anilines is 2. The number of halogens is 6. The van der Waals surface area contributed by atoms with Gasteiger partial charge in [0.2, 0.25) is 0 Å². The van der Waals surface area contributed by atoms with Gasteiger partial charge in [-0.05, 0) is 130 Å². The van der Waals surface area contributed by atoms with Gasteiger partial charge in [-0.2, -0.15) is 0 Å². The number of hydrogen-bond acceptors (Lipinski definition) is 12. The van der Waals surface area contributed by atoms with Crippen molar-refractivity contribution in [2.45, 2.75) is 25.6 Å². The zero-order chi connectivity index (χ0) is 49.2. The molecule has 0 bridgehead atoms. The second kappa shape index (κ2) is 21.2. The molecule has 0 aliphatic heterocycles. The van der Waals surface area contributed by atoms with E-state index >= 15 is 0 Å². The number of ketones is 2. The van der Waals surface area contributed by atoms with Gasteiger partial charge in [0.15, 0.2) is 34.6 Å². The second-order valence-corrected chi connectivity index (χ2v) is 14.5. The Balaban J connectivity index is 1.07. The first-order valence-electron chi connectivity index (χ1n) is 20.0. The number of ether oxygens (including phenoxy) is 6. The van der Waals surface area contributed by atoms with Gasteiger partial charge in [0.05, 0.1) is 25.3 Å². The predicted octanol–water partition coefficient (Wildman–Crippen LogP) is 10.4. The number of hydrogen-bond donors (Lipinski definition) is 2. The van der Waals surface area contributed by atoms with E-state index < -0.39 is 36.2 Å². The summed E-state index contributed by atoms with van der Waals surface area (Å²) in [6.07, 6.45) is -4.19. The van der Waals surface area contributed by atoms with Gasteiger partial charge in [-0.3, -0.25) is 9.59 Å². The highest BCUT2D eigenvalue weighted by Gasteiger charge is 2.34. The Morgan fingerprint density at radius 1 is 0.485 bits per heavy atom. The normalized spacial score (nSPS) is 11.6. The first kappa shape index (κ1) is 48.9. The maximum Gasteiger partial charge on any atom is 0.573 e. The van der Waals surface area contributed by atoms with Crippen molar-refractivity contribution in [1.82, 2.24) is 0 Å². The molecule has 68 heavy (non-hydrogen) atoms. The van der Waals surface area contributed by atoms with Gasteiger partial charge in [-0.15, -0.1) is 26.3 Å². The molecule has 0 fully saturated rings. The highest BCUT2D eigenvalue weighted by molar-refractivity contribution is 5.98. The number of benzene rings is 6. The summed E-state index contributed by atoms with van der Waals surface area (Å²) < 4.78 is 105. The summed E-state index contributed by atoms with van der Waals surface area (Å²) in [6, 6.07) is 28.6. The monoisotopic (exact) mass is 940 g/mol. The van der Waals surface area contributed by atoms with Crippen molar-refractivity contribution in [3.8, 4) is 45.6 Å². The van der Waals surface area contributed by atoms with Crippen LogP contribution in [0.2, 0.25) is 0 Å². The van der Waals surface area contributed by atoms with Crippen molar-refractivity contribution < 1.29 is 73.9 Å². The molecule has 0 aliphatic carbocycles. The van der Waals surface area contributed by atoms with Crippen LogP contribution in [0, 0.1) is 0 Å². The lowest BCUT2D eigenvalue weighted by molar-refractivity contribution is -0.276. The van der Waals surface area contributed by atoms with Crippen molar-refractivity contribution in [1.29, 1.82) is 0 Å². The molecule has 18 heteroatoms. The fraction of sp³-hybridized carbons (Fsp3) is 0.120. The Labute approximate surface area is 383 Å². The number of esters is 2. The van der Waals surface area contributed by atoms with Gasteiger partial charge >= 0.3 is 24.7 Å². The lowest BCUT2D eigenvalue weighted by atomic mass is 9.90. The fourth-order valence-corrected chi connectivity index (χ4v) is 6.55. The van der Waals surface area contributed by atoms with E-state index in [0.717, 1.165) is 50.6 Å². The summed E-state index contributed by atoms with van der Waals surface area (Å²) in [5, 5.41) is 0. The highest BCUT2D eigenvalue weighted by Crippen LogP contribution is 2.35. The Morgan fingerprint density at radius 3 is 1.19 bits per heavy atom. The molecule has 4 N–H and O–H groups in total. The maximum absolute atomic E-state index is 13.3. The van der Waals surface area contributed by atoms with Crippen molar-refractivity contribution in [2.24, 2.45) is 0 Å². The number of alkyl halides is 6. The van der Waals surface area contributed by atoms with Crippen molar-refractivity contribution in [2.75, 3.05) is 25.7 Å². The van der Waals surface area contributed by atoms with Crippen molar-refractivity contribution in [3.63, 3.8) is 0 Å². The van der Waals surface area contributed by atoms with E-state index in [-0.39, 0.29) is 58.5 Å². The molecule has 0 spiro atoms. The van der Waals surface area contributed by atoms with Gasteiger partial charge < -0.3 is 39.9 Å². The first-order chi connectivity index (χ1) is 32.2. The van der Waals surface area contributed by atoms with Crippen LogP contribution < -0.4 is 39.9 Å². The molecule has 0 saturated heterocycles. The van der Waals surface area contributed by atoms with E-state index in [4.69, 9.17) is 30.4 Å². The maximum atomic E-state index is 13.3. The molecule has 12 nitrogen and oxygen atoms in total. The van der Waals surface area contributed by atoms with Crippen LogP contribution in [0.15, 0.2) is 133 Å². The molecular formula is C50H38F6N2O10. The number of carbonyl (C=O) groups is 4. The second-order valence-electron chi connectivity index (χ2n) is 14.5. The minimum atomic E-state index is -4.96. The van der Waals surface area contributed by atoms with E-state index in [1.807, 2.05) is 0 Å². The third-order valence-corrected chi connectivity index (χ3v) is 9.63. The van der Waals surface area contributed by atoms with Crippen LogP contribution in [0.1, 0.15) is 43.0 Å². The highest BCUT2D eigenvalue weighted by atomic mass is 19.4. The predicted molar refractivity (Wildman–Crippen MR) is 238 cm³/mol. The molecular weight excluding hydrogens is 903 g/mol. The van der Waals surface area contributed by atoms with E-state index in [1.165, 1.54) is 36.4 Å². The summed E-state index contributed by atoms with van der Waals surface area (Å²) in [5.41, 5.74) is 16.5. The number of nitrogens with two attached hydrogens (primary N) is 2. The topological polar surface area (TPSA) is 176 Å². The Morgan fingerprint density at radius 2 is 0.853 bits per heavy atom.